The molecule has 1 N–H and O–H groups in total. The molecule has 0 unspecified atom stereocenters. The minimum absolute atomic E-state index is 0.680. The van der Waals surface area contributed by atoms with Crippen LogP contribution in [-0.4, -0.2) is 21.3 Å². The predicted octanol–water partition coefficient (Wildman–Crippen LogP) is 2.73. The Morgan fingerprint density at radius 2 is 2.28 bits per heavy atom. The van der Waals surface area contributed by atoms with E-state index >= 15 is 0 Å². The van der Waals surface area contributed by atoms with Crippen LogP contribution < -0.4 is 5.32 Å². The zero-order chi connectivity index (χ0) is 13.0. The maximum absolute atomic E-state index is 6.04. The van der Waals surface area contributed by atoms with Crippen molar-refractivity contribution >= 4 is 11.6 Å². The van der Waals surface area contributed by atoms with Gasteiger partial charge in [0.05, 0.1) is 16.4 Å². The topological polar surface area (TPSA) is 42.7 Å². The van der Waals surface area contributed by atoms with Crippen molar-refractivity contribution in [2.24, 2.45) is 0 Å². The second-order valence-corrected chi connectivity index (χ2v) is 4.60. The van der Waals surface area contributed by atoms with E-state index in [4.69, 9.17) is 11.6 Å². The predicted molar refractivity (Wildman–Crippen MR) is 73.1 cm³/mol. The Hall–Kier alpha value is -1.39. The Kier molecular flexibility index (Phi) is 4.33. The molecule has 0 aliphatic carbocycles. The van der Waals surface area contributed by atoms with Crippen LogP contribution in [0.25, 0.3) is 5.69 Å². The van der Waals surface area contributed by atoms with Gasteiger partial charge in [-0.1, -0.05) is 18.5 Å². The van der Waals surface area contributed by atoms with E-state index in [1.165, 1.54) is 0 Å². The lowest BCUT2D eigenvalue weighted by molar-refractivity contribution is 0.668. The van der Waals surface area contributed by atoms with Gasteiger partial charge in [-0.3, -0.25) is 4.98 Å². The van der Waals surface area contributed by atoms with Gasteiger partial charge in [-0.25, -0.2) is 4.68 Å². The van der Waals surface area contributed by atoms with Gasteiger partial charge in [0.1, 0.15) is 0 Å². The fraction of sp³-hybridized carbons (Fsp3) is 0.385. The average molecular weight is 265 g/mol. The minimum atomic E-state index is 0.680. The van der Waals surface area contributed by atoms with Crippen LogP contribution in [0.2, 0.25) is 5.02 Å². The van der Waals surface area contributed by atoms with Crippen LogP contribution in [0.5, 0.6) is 0 Å². The molecule has 0 aromatic carbocycles. The summed E-state index contributed by atoms with van der Waals surface area (Å²) in [4.78, 5) is 4.16. The summed E-state index contributed by atoms with van der Waals surface area (Å²) in [5, 5.41) is 8.45. The number of hydrogen-bond donors (Lipinski definition) is 1. The molecule has 0 aliphatic rings. The molecule has 0 bridgehead atoms. The fourth-order valence-corrected chi connectivity index (χ4v) is 1.87. The fourth-order valence-electron chi connectivity index (χ4n) is 1.74. The molecule has 2 aromatic heterocycles. The summed E-state index contributed by atoms with van der Waals surface area (Å²) >= 11 is 6.04. The van der Waals surface area contributed by atoms with Crippen molar-refractivity contribution in [2.45, 2.75) is 26.8 Å². The minimum Gasteiger partial charge on any atom is -0.313 e. The van der Waals surface area contributed by atoms with Crippen molar-refractivity contribution < 1.29 is 0 Å². The summed E-state index contributed by atoms with van der Waals surface area (Å²) in [7, 11) is 0. The molecule has 0 atom stereocenters. The Morgan fingerprint density at radius 1 is 1.44 bits per heavy atom. The van der Waals surface area contributed by atoms with Crippen LogP contribution >= 0.6 is 11.6 Å². The summed E-state index contributed by atoms with van der Waals surface area (Å²) in [6.45, 7) is 5.82. The number of hydrogen-bond acceptors (Lipinski definition) is 3. The quantitative estimate of drug-likeness (QED) is 0.845. The second kappa shape index (κ2) is 5.98. The molecule has 4 nitrogen and oxygen atoms in total. The van der Waals surface area contributed by atoms with Gasteiger partial charge in [-0.2, -0.15) is 5.10 Å². The first-order chi connectivity index (χ1) is 8.72. The summed E-state index contributed by atoms with van der Waals surface area (Å²) in [6, 6.07) is 1.95. The van der Waals surface area contributed by atoms with E-state index in [-0.39, 0.29) is 0 Å². The monoisotopic (exact) mass is 264 g/mol. The van der Waals surface area contributed by atoms with E-state index < -0.39 is 0 Å². The highest BCUT2D eigenvalue weighted by Gasteiger charge is 2.08. The molecule has 2 rings (SSSR count). The molecule has 96 valence electrons. The number of aromatic nitrogens is 3. The molecule has 0 spiro atoms. The summed E-state index contributed by atoms with van der Waals surface area (Å²) < 4.78 is 1.81. The molecule has 0 aliphatic heterocycles. The van der Waals surface area contributed by atoms with Crippen molar-refractivity contribution in [3.8, 4) is 5.69 Å². The SMILES string of the molecule is CCCNCc1cnccc1-n1cc(Cl)c(C)n1. The van der Waals surface area contributed by atoms with Gasteiger partial charge < -0.3 is 5.32 Å². The lowest BCUT2D eigenvalue weighted by Crippen LogP contribution is -2.16. The van der Waals surface area contributed by atoms with E-state index in [1.807, 2.05) is 30.1 Å². The third-order valence-corrected chi connectivity index (χ3v) is 3.08. The lowest BCUT2D eigenvalue weighted by atomic mass is 10.2. The van der Waals surface area contributed by atoms with Crippen LogP contribution in [-0.2, 0) is 6.54 Å². The van der Waals surface area contributed by atoms with Gasteiger partial charge in [0.25, 0.3) is 0 Å². The molecular weight excluding hydrogens is 248 g/mol. The standard InChI is InChI=1S/C13H17ClN4/c1-3-5-15-7-11-8-16-6-4-13(11)18-9-12(14)10(2)17-18/h4,6,8-9,15H,3,5,7H2,1-2H3. The summed E-state index contributed by atoms with van der Waals surface area (Å²) in [6.07, 6.45) is 6.57. The zero-order valence-corrected chi connectivity index (χ0v) is 11.4. The number of halogens is 1. The molecule has 0 amide bonds. The van der Waals surface area contributed by atoms with E-state index in [1.54, 1.807) is 6.20 Å². The van der Waals surface area contributed by atoms with Crippen molar-refractivity contribution in [3.63, 3.8) is 0 Å². The first-order valence-electron chi connectivity index (χ1n) is 6.08. The number of nitrogens with one attached hydrogen (secondary N) is 1. The van der Waals surface area contributed by atoms with Crippen molar-refractivity contribution in [2.75, 3.05) is 6.54 Å². The Labute approximate surface area is 112 Å². The number of aryl methyl sites for hydroxylation is 1. The first-order valence-corrected chi connectivity index (χ1v) is 6.46. The van der Waals surface area contributed by atoms with Gasteiger partial charge in [-0.05, 0) is 26.0 Å². The smallest absolute Gasteiger partial charge is 0.0819 e. The Balaban J connectivity index is 2.26. The zero-order valence-electron chi connectivity index (χ0n) is 10.7. The molecule has 0 saturated heterocycles. The van der Waals surface area contributed by atoms with Crippen molar-refractivity contribution in [1.82, 2.24) is 20.1 Å². The van der Waals surface area contributed by atoms with Crippen LogP contribution in [0, 0.1) is 6.92 Å². The molecule has 2 heterocycles. The highest BCUT2D eigenvalue weighted by molar-refractivity contribution is 6.31. The molecule has 0 saturated carbocycles. The highest BCUT2D eigenvalue weighted by Crippen LogP contribution is 2.18. The van der Waals surface area contributed by atoms with Crippen LogP contribution in [0.4, 0.5) is 0 Å². The lowest BCUT2D eigenvalue weighted by Gasteiger charge is -2.09. The molecule has 2 aromatic rings. The molecule has 0 radical (unpaired) electrons. The van der Waals surface area contributed by atoms with Crippen LogP contribution in [0.15, 0.2) is 24.7 Å². The Morgan fingerprint density at radius 3 is 2.94 bits per heavy atom. The third kappa shape index (κ3) is 2.89. The van der Waals surface area contributed by atoms with Crippen molar-refractivity contribution in [3.05, 3.63) is 40.9 Å². The maximum atomic E-state index is 6.04. The van der Waals surface area contributed by atoms with Crippen molar-refractivity contribution in [1.29, 1.82) is 0 Å². The molecule has 0 fully saturated rings. The summed E-state index contributed by atoms with van der Waals surface area (Å²) in [5.41, 5.74) is 2.97. The largest absolute Gasteiger partial charge is 0.313 e. The van der Waals surface area contributed by atoms with Crippen LogP contribution in [0.1, 0.15) is 24.6 Å². The molecular formula is C13H17ClN4. The van der Waals surface area contributed by atoms with E-state index in [0.717, 1.165) is 36.5 Å². The van der Waals surface area contributed by atoms with Crippen LogP contribution in [0.3, 0.4) is 0 Å². The van der Waals surface area contributed by atoms with E-state index in [0.29, 0.717) is 5.02 Å². The molecule has 5 heteroatoms. The number of rotatable bonds is 5. The van der Waals surface area contributed by atoms with Gasteiger partial charge in [-0.15, -0.1) is 0 Å². The maximum Gasteiger partial charge on any atom is 0.0819 e. The van der Waals surface area contributed by atoms with E-state index in [9.17, 15) is 0 Å². The number of pyridine rings is 1. The normalized spacial score (nSPS) is 10.8. The summed E-state index contributed by atoms with van der Waals surface area (Å²) in [5.74, 6) is 0. The Bertz CT molecular complexity index is 502. The van der Waals surface area contributed by atoms with E-state index in [2.05, 4.69) is 22.3 Å². The number of nitrogens with zero attached hydrogens (tertiary/aromatic N) is 3. The van der Waals surface area contributed by atoms with Gasteiger partial charge in [0.15, 0.2) is 0 Å². The average Bonchev–Trinajstić information content (AvgIpc) is 2.70. The second-order valence-electron chi connectivity index (χ2n) is 4.19. The molecule has 18 heavy (non-hydrogen) atoms. The highest BCUT2D eigenvalue weighted by atomic mass is 35.5. The van der Waals surface area contributed by atoms with Gasteiger partial charge in [0.2, 0.25) is 0 Å². The van der Waals surface area contributed by atoms with Gasteiger partial charge in [0, 0.05) is 30.7 Å². The third-order valence-electron chi connectivity index (χ3n) is 2.71. The first kappa shape index (κ1) is 13.1. The van der Waals surface area contributed by atoms with Gasteiger partial charge >= 0.3 is 0 Å².